The summed E-state index contributed by atoms with van der Waals surface area (Å²) in [5, 5.41) is 6.77. The van der Waals surface area contributed by atoms with Gasteiger partial charge in [-0.1, -0.05) is 40.9 Å². The van der Waals surface area contributed by atoms with E-state index >= 15 is 0 Å². The van der Waals surface area contributed by atoms with Gasteiger partial charge in [-0.3, -0.25) is 4.79 Å². The van der Waals surface area contributed by atoms with Crippen molar-refractivity contribution in [1.29, 1.82) is 0 Å². The van der Waals surface area contributed by atoms with Crippen LogP contribution in [0.3, 0.4) is 0 Å². The van der Waals surface area contributed by atoms with E-state index in [0.717, 1.165) is 5.56 Å². The maximum atomic E-state index is 12.2. The molecule has 0 saturated heterocycles. The fraction of sp³-hybridized carbons (Fsp3) is 0.0556. The molecule has 0 aliphatic heterocycles. The minimum absolute atomic E-state index is 0.278. The maximum absolute atomic E-state index is 12.2. The Morgan fingerprint density at radius 3 is 2.32 bits per heavy atom. The number of anilines is 3. The molecule has 0 aliphatic carbocycles. The fourth-order valence-electron chi connectivity index (χ4n) is 2.06. The number of nitrogens with one attached hydrogen (secondary N) is 2. The summed E-state index contributed by atoms with van der Waals surface area (Å²) in [6.07, 6.45) is 2.89. The van der Waals surface area contributed by atoms with Crippen LogP contribution in [-0.4, -0.2) is 15.9 Å². The summed E-state index contributed by atoms with van der Waals surface area (Å²) in [4.78, 5) is 20.5. The molecule has 2 aromatic carbocycles. The van der Waals surface area contributed by atoms with Crippen molar-refractivity contribution < 1.29 is 4.79 Å². The third-order valence-electron chi connectivity index (χ3n) is 3.40. The summed E-state index contributed by atoms with van der Waals surface area (Å²) < 4.78 is 0. The van der Waals surface area contributed by atoms with Crippen molar-refractivity contribution in [3.63, 3.8) is 0 Å². The highest BCUT2D eigenvalue weighted by molar-refractivity contribution is 6.36. The molecule has 0 fully saturated rings. The van der Waals surface area contributed by atoms with E-state index < -0.39 is 0 Å². The standard InChI is InChI=1S/C18H14Cl2N4O/c1-11-2-5-14(6-3-11)23-17(25)12-9-21-18(22-10-12)24-16-7-4-13(19)8-15(16)20/h2-10H,1H3,(H,23,25)(H,21,22,24). The first-order valence-electron chi connectivity index (χ1n) is 7.43. The highest BCUT2D eigenvalue weighted by atomic mass is 35.5. The molecule has 0 aliphatic rings. The summed E-state index contributed by atoms with van der Waals surface area (Å²) in [5.41, 5.74) is 2.82. The number of amides is 1. The van der Waals surface area contributed by atoms with Crippen LogP contribution in [0, 0.1) is 6.92 Å². The molecule has 7 heteroatoms. The zero-order valence-corrected chi connectivity index (χ0v) is 14.8. The van der Waals surface area contributed by atoms with Crippen LogP contribution in [0.5, 0.6) is 0 Å². The third kappa shape index (κ3) is 4.47. The van der Waals surface area contributed by atoms with E-state index in [-0.39, 0.29) is 5.91 Å². The Morgan fingerprint density at radius 1 is 1.00 bits per heavy atom. The van der Waals surface area contributed by atoms with Gasteiger partial charge in [0.25, 0.3) is 5.91 Å². The van der Waals surface area contributed by atoms with E-state index in [4.69, 9.17) is 23.2 Å². The number of aryl methyl sites for hydroxylation is 1. The van der Waals surface area contributed by atoms with Crippen molar-refractivity contribution in [2.75, 3.05) is 10.6 Å². The topological polar surface area (TPSA) is 66.9 Å². The van der Waals surface area contributed by atoms with Crippen LogP contribution in [0.4, 0.5) is 17.3 Å². The molecule has 0 spiro atoms. The van der Waals surface area contributed by atoms with Gasteiger partial charge < -0.3 is 10.6 Å². The monoisotopic (exact) mass is 372 g/mol. The van der Waals surface area contributed by atoms with Gasteiger partial charge in [0.1, 0.15) is 0 Å². The molecule has 1 aromatic heterocycles. The number of carbonyl (C=O) groups excluding carboxylic acids is 1. The molecule has 126 valence electrons. The van der Waals surface area contributed by atoms with Crippen LogP contribution in [-0.2, 0) is 0 Å². The molecule has 1 heterocycles. The number of carbonyl (C=O) groups is 1. The predicted molar refractivity (Wildman–Crippen MR) is 101 cm³/mol. The van der Waals surface area contributed by atoms with Gasteiger partial charge in [-0.25, -0.2) is 9.97 Å². The van der Waals surface area contributed by atoms with Crippen molar-refractivity contribution in [1.82, 2.24) is 9.97 Å². The molecule has 2 N–H and O–H groups in total. The smallest absolute Gasteiger partial charge is 0.258 e. The van der Waals surface area contributed by atoms with Crippen LogP contribution in [0.2, 0.25) is 10.0 Å². The highest BCUT2D eigenvalue weighted by Gasteiger charge is 2.09. The number of rotatable bonds is 4. The maximum Gasteiger partial charge on any atom is 0.258 e. The number of hydrogen-bond donors (Lipinski definition) is 2. The molecule has 25 heavy (non-hydrogen) atoms. The molecule has 0 atom stereocenters. The van der Waals surface area contributed by atoms with E-state index in [0.29, 0.717) is 32.9 Å². The third-order valence-corrected chi connectivity index (χ3v) is 3.95. The van der Waals surface area contributed by atoms with Crippen molar-refractivity contribution in [2.24, 2.45) is 0 Å². The molecule has 5 nitrogen and oxygen atoms in total. The van der Waals surface area contributed by atoms with Gasteiger partial charge in [0, 0.05) is 23.1 Å². The van der Waals surface area contributed by atoms with Crippen LogP contribution in [0.1, 0.15) is 15.9 Å². The molecule has 0 unspecified atom stereocenters. The molecule has 0 bridgehead atoms. The molecular weight excluding hydrogens is 359 g/mol. The Hall–Kier alpha value is -2.63. The number of halogens is 2. The quantitative estimate of drug-likeness (QED) is 0.669. The van der Waals surface area contributed by atoms with Gasteiger partial charge >= 0.3 is 0 Å². The summed E-state index contributed by atoms with van der Waals surface area (Å²) in [7, 11) is 0. The highest BCUT2D eigenvalue weighted by Crippen LogP contribution is 2.27. The van der Waals surface area contributed by atoms with Crippen molar-refractivity contribution in [2.45, 2.75) is 6.92 Å². The van der Waals surface area contributed by atoms with Gasteiger partial charge in [-0.15, -0.1) is 0 Å². The van der Waals surface area contributed by atoms with Crippen molar-refractivity contribution in [3.8, 4) is 0 Å². The second-order valence-electron chi connectivity index (χ2n) is 5.36. The van der Waals surface area contributed by atoms with Crippen LogP contribution < -0.4 is 10.6 Å². The van der Waals surface area contributed by atoms with E-state index in [1.54, 1.807) is 18.2 Å². The number of nitrogens with zero attached hydrogens (tertiary/aromatic N) is 2. The molecule has 3 rings (SSSR count). The molecule has 0 radical (unpaired) electrons. The van der Waals surface area contributed by atoms with Crippen LogP contribution >= 0.6 is 23.2 Å². The molecule has 1 amide bonds. The van der Waals surface area contributed by atoms with E-state index in [9.17, 15) is 4.79 Å². The molecular formula is C18H14Cl2N4O. The lowest BCUT2D eigenvalue weighted by molar-refractivity contribution is 0.102. The van der Waals surface area contributed by atoms with E-state index in [1.807, 2.05) is 31.2 Å². The summed E-state index contributed by atoms with van der Waals surface area (Å²) in [6, 6.07) is 12.6. The summed E-state index contributed by atoms with van der Waals surface area (Å²) >= 11 is 12.0. The lowest BCUT2D eigenvalue weighted by Gasteiger charge is -2.08. The lowest BCUT2D eigenvalue weighted by atomic mass is 10.2. The Morgan fingerprint density at radius 2 is 1.68 bits per heavy atom. The minimum Gasteiger partial charge on any atom is -0.323 e. The average Bonchev–Trinajstić information content (AvgIpc) is 2.60. The lowest BCUT2D eigenvalue weighted by Crippen LogP contribution is -2.13. The Labute approximate surface area is 155 Å². The first-order valence-corrected chi connectivity index (χ1v) is 8.19. The normalized spacial score (nSPS) is 10.4. The van der Waals surface area contributed by atoms with E-state index in [2.05, 4.69) is 20.6 Å². The Kier molecular flexibility index (Phi) is 5.16. The Bertz CT molecular complexity index is 896. The van der Waals surface area contributed by atoms with Gasteiger partial charge in [0.2, 0.25) is 5.95 Å². The first-order chi connectivity index (χ1) is 12.0. The van der Waals surface area contributed by atoms with E-state index in [1.165, 1.54) is 12.4 Å². The van der Waals surface area contributed by atoms with Gasteiger partial charge in [-0.05, 0) is 37.3 Å². The Balaban J connectivity index is 1.69. The number of hydrogen-bond acceptors (Lipinski definition) is 4. The summed E-state index contributed by atoms with van der Waals surface area (Å²) in [6.45, 7) is 1.98. The van der Waals surface area contributed by atoms with Crippen LogP contribution in [0.15, 0.2) is 54.9 Å². The van der Waals surface area contributed by atoms with Crippen LogP contribution in [0.25, 0.3) is 0 Å². The number of aromatic nitrogens is 2. The second-order valence-corrected chi connectivity index (χ2v) is 6.21. The molecule has 3 aromatic rings. The zero-order chi connectivity index (χ0) is 17.8. The van der Waals surface area contributed by atoms with Gasteiger partial charge in [-0.2, -0.15) is 0 Å². The second kappa shape index (κ2) is 7.51. The largest absolute Gasteiger partial charge is 0.323 e. The average molecular weight is 373 g/mol. The zero-order valence-electron chi connectivity index (χ0n) is 13.3. The van der Waals surface area contributed by atoms with Gasteiger partial charge in [0.05, 0.1) is 16.3 Å². The summed E-state index contributed by atoms with van der Waals surface area (Å²) in [5.74, 6) is 0.0519. The van der Waals surface area contributed by atoms with Crippen molar-refractivity contribution in [3.05, 3.63) is 76.0 Å². The molecule has 0 saturated carbocycles. The minimum atomic E-state index is -0.278. The predicted octanol–water partition coefficient (Wildman–Crippen LogP) is 5.09. The fourth-order valence-corrected chi connectivity index (χ4v) is 2.52. The SMILES string of the molecule is Cc1ccc(NC(=O)c2cnc(Nc3ccc(Cl)cc3Cl)nc2)cc1. The number of benzene rings is 2. The van der Waals surface area contributed by atoms with Crippen molar-refractivity contribution >= 4 is 46.4 Å². The first kappa shape index (κ1) is 17.2. The van der Waals surface area contributed by atoms with Gasteiger partial charge in [0.15, 0.2) is 0 Å².